The third-order valence-electron chi connectivity index (χ3n) is 2.97. The van der Waals surface area contributed by atoms with Crippen LogP contribution in [-0.4, -0.2) is 31.5 Å². The number of alkyl carbamates (subject to hydrolysis) is 1. The number of nitrogens with one attached hydrogen (secondary N) is 1. The lowest BCUT2D eigenvalue weighted by Crippen LogP contribution is -2.41. The van der Waals surface area contributed by atoms with Gasteiger partial charge in [-0.15, -0.1) is 0 Å². The Kier molecular flexibility index (Phi) is 5.25. The van der Waals surface area contributed by atoms with Gasteiger partial charge in [-0.2, -0.15) is 0 Å². The van der Waals surface area contributed by atoms with Gasteiger partial charge in [0.05, 0.1) is 0 Å². The van der Waals surface area contributed by atoms with E-state index in [1.165, 1.54) is 0 Å². The average Bonchev–Trinajstić information content (AvgIpc) is 2.18. The first kappa shape index (κ1) is 14.3. The third-order valence-corrected chi connectivity index (χ3v) is 2.97. The Morgan fingerprint density at radius 1 is 1.24 bits per heavy atom. The van der Waals surface area contributed by atoms with Crippen LogP contribution in [0.15, 0.2) is 0 Å². The molecular weight excluding hydrogens is 218 g/mol. The molecule has 0 aromatic heterocycles. The first-order chi connectivity index (χ1) is 7.90. The topological polar surface area (TPSA) is 47.6 Å². The van der Waals surface area contributed by atoms with Crippen LogP contribution in [0.3, 0.4) is 0 Å². The van der Waals surface area contributed by atoms with E-state index < -0.39 is 5.60 Å². The Balaban J connectivity index is 2.24. The number of carbonyl (C=O) groups excluding carboxylic acids is 1. The fourth-order valence-corrected chi connectivity index (χ4v) is 2.18. The molecular formula is C13H25NO3. The highest BCUT2D eigenvalue weighted by molar-refractivity contribution is 5.68. The smallest absolute Gasteiger partial charge is 0.407 e. The van der Waals surface area contributed by atoms with E-state index >= 15 is 0 Å². The van der Waals surface area contributed by atoms with Gasteiger partial charge in [-0.3, -0.25) is 0 Å². The van der Waals surface area contributed by atoms with Crippen LogP contribution in [0.25, 0.3) is 0 Å². The van der Waals surface area contributed by atoms with E-state index in [1.807, 2.05) is 20.8 Å². The van der Waals surface area contributed by atoms with Crippen LogP contribution < -0.4 is 5.32 Å². The number of rotatable bonds is 3. The van der Waals surface area contributed by atoms with Crippen LogP contribution in [-0.2, 0) is 9.47 Å². The fourth-order valence-electron chi connectivity index (χ4n) is 2.18. The Hall–Kier alpha value is -0.770. The highest BCUT2D eigenvalue weighted by Crippen LogP contribution is 2.24. The van der Waals surface area contributed by atoms with Gasteiger partial charge in [-0.25, -0.2) is 4.79 Å². The van der Waals surface area contributed by atoms with Gasteiger partial charge >= 0.3 is 6.09 Å². The molecule has 0 aliphatic heterocycles. The summed E-state index contributed by atoms with van der Waals surface area (Å²) in [7, 11) is 1.74. The molecule has 1 fully saturated rings. The largest absolute Gasteiger partial charge is 0.444 e. The molecule has 0 heterocycles. The van der Waals surface area contributed by atoms with Crippen LogP contribution in [0.2, 0.25) is 0 Å². The minimum atomic E-state index is -0.419. The molecule has 0 radical (unpaired) electrons. The molecule has 1 aliphatic rings. The average molecular weight is 243 g/mol. The van der Waals surface area contributed by atoms with Crippen molar-refractivity contribution >= 4 is 6.09 Å². The van der Waals surface area contributed by atoms with Gasteiger partial charge in [0.1, 0.15) is 5.60 Å². The number of hydrogen-bond acceptors (Lipinski definition) is 3. The zero-order chi connectivity index (χ0) is 12.9. The van der Waals surface area contributed by atoms with E-state index in [-0.39, 0.29) is 12.1 Å². The van der Waals surface area contributed by atoms with Crippen molar-refractivity contribution in [3.05, 3.63) is 0 Å². The third kappa shape index (κ3) is 5.91. The summed E-state index contributed by atoms with van der Waals surface area (Å²) >= 11 is 0. The lowest BCUT2D eigenvalue weighted by atomic mass is 9.86. The second-order valence-corrected chi connectivity index (χ2v) is 5.82. The Morgan fingerprint density at radius 3 is 2.29 bits per heavy atom. The summed E-state index contributed by atoms with van der Waals surface area (Å²) in [6.45, 7) is 6.46. The summed E-state index contributed by atoms with van der Waals surface area (Å²) in [4.78, 5) is 11.6. The highest BCUT2D eigenvalue weighted by atomic mass is 16.6. The fraction of sp³-hybridized carbons (Fsp3) is 0.923. The first-order valence-electron chi connectivity index (χ1n) is 6.39. The maximum absolute atomic E-state index is 11.6. The van der Waals surface area contributed by atoms with Crippen LogP contribution in [0.1, 0.15) is 46.5 Å². The minimum absolute atomic E-state index is 0.262. The summed E-state index contributed by atoms with van der Waals surface area (Å²) in [5, 5.41) is 2.94. The minimum Gasteiger partial charge on any atom is -0.444 e. The van der Waals surface area contributed by atoms with Gasteiger partial charge < -0.3 is 14.8 Å². The van der Waals surface area contributed by atoms with E-state index in [1.54, 1.807) is 7.11 Å². The van der Waals surface area contributed by atoms with Crippen molar-refractivity contribution < 1.29 is 14.3 Å². The molecule has 4 heteroatoms. The van der Waals surface area contributed by atoms with Crippen molar-refractivity contribution in [2.75, 3.05) is 13.7 Å². The normalized spacial score (nSPS) is 25.4. The molecule has 1 N–H and O–H groups in total. The second kappa shape index (κ2) is 6.24. The monoisotopic (exact) mass is 243 g/mol. The molecule has 0 unspecified atom stereocenters. The van der Waals surface area contributed by atoms with Crippen molar-refractivity contribution in [2.45, 2.75) is 58.1 Å². The van der Waals surface area contributed by atoms with Crippen LogP contribution >= 0.6 is 0 Å². The molecule has 0 atom stereocenters. The number of methoxy groups -OCH3 is 1. The van der Waals surface area contributed by atoms with E-state index in [4.69, 9.17) is 9.47 Å². The summed E-state index contributed by atoms with van der Waals surface area (Å²) in [5.41, 5.74) is -0.419. The van der Waals surface area contributed by atoms with Crippen molar-refractivity contribution in [3.8, 4) is 0 Å². The zero-order valence-corrected chi connectivity index (χ0v) is 11.4. The molecule has 1 rings (SSSR count). The first-order valence-corrected chi connectivity index (χ1v) is 6.39. The predicted molar refractivity (Wildman–Crippen MR) is 67.0 cm³/mol. The van der Waals surface area contributed by atoms with Gasteiger partial charge in [-0.1, -0.05) is 0 Å². The van der Waals surface area contributed by atoms with E-state index in [0.717, 1.165) is 32.3 Å². The highest BCUT2D eigenvalue weighted by Gasteiger charge is 2.24. The molecule has 0 bridgehead atoms. The number of ether oxygens (including phenoxy) is 2. The maximum atomic E-state index is 11.6. The van der Waals surface area contributed by atoms with Gasteiger partial charge in [0.25, 0.3) is 0 Å². The quantitative estimate of drug-likeness (QED) is 0.829. The second-order valence-electron chi connectivity index (χ2n) is 5.82. The molecule has 0 aromatic carbocycles. The Morgan fingerprint density at radius 2 is 1.82 bits per heavy atom. The molecule has 0 spiro atoms. The molecule has 4 nitrogen and oxygen atoms in total. The molecule has 17 heavy (non-hydrogen) atoms. The van der Waals surface area contributed by atoms with Crippen LogP contribution in [0.5, 0.6) is 0 Å². The van der Waals surface area contributed by atoms with E-state index in [2.05, 4.69) is 5.32 Å². The SMILES string of the molecule is COCC1CCC(NC(=O)OC(C)(C)C)CC1. The molecule has 1 amide bonds. The Labute approximate surface area is 104 Å². The van der Waals surface area contributed by atoms with Crippen LogP contribution in [0.4, 0.5) is 4.79 Å². The zero-order valence-electron chi connectivity index (χ0n) is 11.4. The Bertz CT molecular complexity index is 240. The van der Waals surface area contributed by atoms with Gasteiger partial charge in [0.15, 0.2) is 0 Å². The van der Waals surface area contributed by atoms with Crippen molar-refractivity contribution in [3.63, 3.8) is 0 Å². The van der Waals surface area contributed by atoms with Crippen molar-refractivity contribution in [1.82, 2.24) is 5.32 Å². The summed E-state index contributed by atoms with van der Waals surface area (Å²) in [6, 6.07) is 0.262. The summed E-state index contributed by atoms with van der Waals surface area (Å²) < 4.78 is 10.4. The number of amides is 1. The molecule has 0 saturated heterocycles. The predicted octanol–water partition coefficient (Wildman–Crippen LogP) is 2.72. The lowest BCUT2D eigenvalue weighted by molar-refractivity contribution is 0.0477. The molecule has 100 valence electrons. The molecule has 1 aliphatic carbocycles. The van der Waals surface area contributed by atoms with Crippen molar-refractivity contribution in [2.24, 2.45) is 5.92 Å². The molecule has 1 saturated carbocycles. The van der Waals surface area contributed by atoms with Gasteiger partial charge in [0.2, 0.25) is 0 Å². The lowest BCUT2D eigenvalue weighted by Gasteiger charge is -2.29. The summed E-state index contributed by atoms with van der Waals surface area (Å²) in [6.07, 6.45) is 3.98. The van der Waals surface area contributed by atoms with Gasteiger partial charge in [-0.05, 0) is 52.4 Å². The van der Waals surface area contributed by atoms with Crippen molar-refractivity contribution in [1.29, 1.82) is 0 Å². The van der Waals surface area contributed by atoms with E-state index in [9.17, 15) is 4.79 Å². The van der Waals surface area contributed by atoms with E-state index in [0.29, 0.717) is 5.92 Å². The maximum Gasteiger partial charge on any atom is 0.407 e. The molecule has 0 aromatic rings. The van der Waals surface area contributed by atoms with Gasteiger partial charge in [0, 0.05) is 19.8 Å². The summed E-state index contributed by atoms with van der Waals surface area (Å²) in [5.74, 6) is 0.650. The number of carbonyl (C=O) groups is 1. The number of hydrogen-bond donors (Lipinski definition) is 1. The standard InChI is InChI=1S/C13H25NO3/c1-13(2,3)17-12(15)14-11-7-5-10(6-8-11)9-16-4/h10-11H,5-9H2,1-4H3,(H,14,15). The van der Waals surface area contributed by atoms with Crippen LogP contribution in [0, 0.1) is 5.92 Å².